The largest absolute Gasteiger partial charge is 0.445 e. The summed E-state index contributed by atoms with van der Waals surface area (Å²) in [4.78, 5) is 11.9. The molecule has 5 heteroatoms. The van der Waals surface area contributed by atoms with Crippen LogP contribution in [0.3, 0.4) is 0 Å². The summed E-state index contributed by atoms with van der Waals surface area (Å²) >= 11 is 0. The first kappa shape index (κ1) is 18.3. The molecule has 2 atom stereocenters. The van der Waals surface area contributed by atoms with E-state index in [4.69, 9.17) is 4.74 Å². The van der Waals surface area contributed by atoms with Gasteiger partial charge in [-0.3, -0.25) is 0 Å². The zero-order chi connectivity index (χ0) is 15.9. The van der Waals surface area contributed by atoms with Crippen LogP contribution in [0.25, 0.3) is 0 Å². The first-order valence-electron chi connectivity index (χ1n) is 8.03. The van der Waals surface area contributed by atoms with E-state index in [0.29, 0.717) is 25.0 Å². The molecule has 24 heavy (non-hydrogen) atoms. The van der Waals surface area contributed by atoms with Gasteiger partial charge >= 0.3 is 6.09 Å². The molecule has 0 bridgehead atoms. The summed E-state index contributed by atoms with van der Waals surface area (Å²) in [6, 6.07) is 20.2. The molecular formula is C19H23ClN2O2. The SMILES string of the molecule is Cl.O=C(NC[C@@H]1CNC[C@H]1c1ccccc1)OCc1ccccc1. The van der Waals surface area contributed by atoms with Gasteiger partial charge in [-0.15, -0.1) is 12.4 Å². The summed E-state index contributed by atoms with van der Waals surface area (Å²) in [6.07, 6.45) is -0.354. The van der Waals surface area contributed by atoms with Crippen LogP contribution in [-0.4, -0.2) is 25.7 Å². The van der Waals surface area contributed by atoms with E-state index in [-0.39, 0.29) is 18.5 Å². The predicted octanol–water partition coefficient (Wildman–Crippen LogP) is 3.34. The fourth-order valence-electron chi connectivity index (χ4n) is 3.03. The van der Waals surface area contributed by atoms with Gasteiger partial charge in [0.1, 0.15) is 6.61 Å². The molecule has 1 aliphatic rings. The van der Waals surface area contributed by atoms with Crippen LogP contribution in [0.15, 0.2) is 60.7 Å². The minimum atomic E-state index is -0.354. The third-order valence-corrected chi connectivity index (χ3v) is 4.29. The topological polar surface area (TPSA) is 50.4 Å². The van der Waals surface area contributed by atoms with Gasteiger partial charge in [0.25, 0.3) is 0 Å². The molecule has 0 aromatic heterocycles. The third-order valence-electron chi connectivity index (χ3n) is 4.29. The summed E-state index contributed by atoms with van der Waals surface area (Å²) in [5, 5.41) is 6.30. The number of ether oxygens (including phenoxy) is 1. The Labute approximate surface area is 149 Å². The Bertz CT molecular complexity index is 622. The Morgan fingerprint density at radius 2 is 1.71 bits per heavy atom. The molecule has 0 spiro atoms. The van der Waals surface area contributed by atoms with Crippen molar-refractivity contribution in [3.8, 4) is 0 Å². The van der Waals surface area contributed by atoms with Crippen LogP contribution in [-0.2, 0) is 11.3 Å². The van der Waals surface area contributed by atoms with Gasteiger partial charge in [-0.1, -0.05) is 60.7 Å². The van der Waals surface area contributed by atoms with E-state index >= 15 is 0 Å². The molecule has 1 heterocycles. The lowest BCUT2D eigenvalue weighted by Crippen LogP contribution is -2.32. The molecular weight excluding hydrogens is 324 g/mol. The first-order chi connectivity index (χ1) is 11.3. The molecule has 1 amide bonds. The average molecular weight is 347 g/mol. The Morgan fingerprint density at radius 3 is 2.42 bits per heavy atom. The van der Waals surface area contributed by atoms with Crippen molar-refractivity contribution in [2.75, 3.05) is 19.6 Å². The fourth-order valence-corrected chi connectivity index (χ4v) is 3.03. The van der Waals surface area contributed by atoms with Crippen molar-refractivity contribution >= 4 is 18.5 Å². The highest BCUT2D eigenvalue weighted by molar-refractivity contribution is 5.85. The van der Waals surface area contributed by atoms with Gasteiger partial charge in [0.2, 0.25) is 0 Å². The van der Waals surface area contributed by atoms with E-state index in [1.807, 2.05) is 36.4 Å². The number of carbonyl (C=O) groups excluding carboxylic acids is 1. The molecule has 1 saturated heterocycles. The van der Waals surface area contributed by atoms with E-state index < -0.39 is 0 Å². The lowest BCUT2D eigenvalue weighted by Gasteiger charge is -2.19. The second-order valence-electron chi connectivity index (χ2n) is 5.88. The van der Waals surface area contributed by atoms with Gasteiger partial charge < -0.3 is 15.4 Å². The van der Waals surface area contributed by atoms with E-state index in [1.165, 1.54) is 5.56 Å². The molecule has 2 aromatic carbocycles. The molecule has 4 nitrogen and oxygen atoms in total. The maximum atomic E-state index is 11.9. The number of benzene rings is 2. The van der Waals surface area contributed by atoms with Crippen LogP contribution in [0.1, 0.15) is 17.0 Å². The molecule has 1 fully saturated rings. The van der Waals surface area contributed by atoms with Crippen molar-refractivity contribution < 1.29 is 9.53 Å². The standard InChI is InChI=1S/C19H22N2O2.ClH/c22-19(23-14-15-7-3-1-4-8-15)21-12-17-11-20-13-18(17)16-9-5-2-6-10-16;/h1-10,17-18,20H,11-14H2,(H,21,22);1H/t17-,18-;/m0./s1. The van der Waals surface area contributed by atoms with Crippen molar-refractivity contribution in [2.45, 2.75) is 12.5 Å². The minimum absolute atomic E-state index is 0. The fraction of sp³-hybridized carbons (Fsp3) is 0.316. The zero-order valence-electron chi connectivity index (χ0n) is 13.5. The predicted molar refractivity (Wildman–Crippen MR) is 97.4 cm³/mol. The number of amides is 1. The van der Waals surface area contributed by atoms with Gasteiger partial charge in [0.15, 0.2) is 0 Å². The van der Waals surface area contributed by atoms with Gasteiger partial charge in [0.05, 0.1) is 0 Å². The summed E-state index contributed by atoms with van der Waals surface area (Å²) in [5.74, 6) is 0.826. The molecule has 0 radical (unpaired) electrons. The van der Waals surface area contributed by atoms with Crippen LogP contribution < -0.4 is 10.6 Å². The second kappa shape index (κ2) is 9.30. The lowest BCUT2D eigenvalue weighted by molar-refractivity contribution is 0.138. The van der Waals surface area contributed by atoms with E-state index in [0.717, 1.165) is 18.7 Å². The number of hydrogen-bond donors (Lipinski definition) is 2. The molecule has 128 valence electrons. The molecule has 1 aliphatic heterocycles. The van der Waals surface area contributed by atoms with E-state index in [2.05, 4.69) is 34.9 Å². The summed E-state index contributed by atoms with van der Waals surface area (Å²) in [5.41, 5.74) is 2.31. The smallest absolute Gasteiger partial charge is 0.407 e. The van der Waals surface area contributed by atoms with Crippen LogP contribution in [0.5, 0.6) is 0 Å². The summed E-state index contributed by atoms with van der Waals surface area (Å²) < 4.78 is 5.26. The maximum Gasteiger partial charge on any atom is 0.407 e. The van der Waals surface area contributed by atoms with Gasteiger partial charge in [-0.25, -0.2) is 4.79 Å². The highest BCUT2D eigenvalue weighted by atomic mass is 35.5. The van der Waals surface area contributed by atoms with Gasteiger partial charge in [0, 0.05) is 25.6 Å². The lowest BCUT2D eigenvalue weighted by atomic mass is 9.89. The Balaban J connectivity index is 0.00000208. The van der Waals surface area contributed by atoms with Crippen LogP contribution in [0, 0.1) is 5.92 Å². The van der Waals surface area contributed by atoms with Crippen LogP contribution in [0.4, 0.5) is 4.79 Å². The molecule has 0 aliphatic carbocycles. The van der Waals surface area contributed by atoms with E-state index in [1.54, 1.807) is 0 Å². The number of rotatable bonds is 5. The third kappa shape index (κ3) is 4.98. The first-order valence-corrected chi connectivity index (χ1v) is 8.03. The van der Waals surface area contributed by atoms with Crippen molar-refractivity contribution in [3.05, 3.63) is 71.8 Å². The van der Waals surface area contributed by atoms with Crippen molar-refractivity contribution in [1.82, 2.24) is 10.6 Å². The molecule has 2 N–H and O–H groups in total. The number of hydrogen-bond acceptors (Lipinski definition) is 3. The zero-order valence-corrected chi connectivity index (χ0v) is 14.3. The molecule has 2 aromatic rings. The normalized spacial score (nSPS) is 19.3. The van der Waals surface area contributed by atoms with Gasteiger partial charge in [-0.05, 0) is 17.0 Å². The average Bonchev–Trinajstić information content (AvgIpc) is 3.08. The number of halogens is 1. The van der Waals surface area contributed by atoms with Crippen molar-refractivity contribution in [1.29, 1.82) is 0 Å². The molecule has 0 saturated carbocycles. The van der Waals surface area contributed by atoms with Crippen LogP contribution >= 0.6 is 12.4 Å². The highest BCUT2D eigenvalue weighted by Crippen LogP contribution is 2.27. The molecule has 0 unspecified atom stereocenters. The maximum absolute atomic E-state index is 11.9. The summed E-state index contributed by atoms with van der Waals surface area (Å²) in [6.45, 7) is 2.80. The molecule has 3 rings (SSSR count). The van der Waals surface area contributed by atoms with Crippen LogP contribution in [0.2, 0.25) is 0 Å². The Hall–Kier alpha value is -2.04. The monoisotopic (exact) mass is 346 g/mol. The highest BCUT2D eigenvalue weighted by Gasteiger charge is 2.28. The van der Waals surface area contributed by atoms with Gasteiger partial charge in [-0.2, -0.15) is 0 Å². The van der Waals surface area contributed by atoms with Crippen molar-refractivity contribution in [3.63, 3.8) is 0 Å². The number of nitrogens with one attached hydrogen (secondary N) is 2. The number of alkyl carbamates (subject to hydrolysis) is 1. The Kier molecular flexibility index (Phi) is 7.09. The summed E-state index contributed by atoms with van der Waals surface area (Å²) in [7, 11) is 0. The quantitative estimate of drug-likeness (QED) is 0.873. The minimum Gasteiger partial charge on any atom is -0.445 e. The van der Waals surface area contributed by atoms with E-state index in [9.17, 15) is 4.79 Å². The second-order valence-corrected chi connectivity index (χ2v) is 5.88. The van der Waals surface area contributed by atoms with Crippen molar-refractivity contribution in [2.24, 2.45) is 5.92 Å². The Morgan fingerprint density at radius 1 is 1.04 bits per heavy atom. The number of carbonyl (C=O) groups is 1.